The van der Waals surface area contributed by atoms with Gasteiger partial charge in [0.2, 0.25) is 0 Å². The lowest BCUT2D eigenvalue weighted by Crippen LogP contribution is -2.36. The van der Waals surface area contributed by atoms with Crippen LogP contribution in [0, 0.1) is 5.92 Å². The highest BCUT2D eigenvalue weighted by atomic mass is 16.4. The lowest BCUT2D eigenvalue weighted by molar-refractivity contribution is -0.140. The van der Waals surface area contributed by atoms with Crippen LogP contribution in [0.2, 0.25) is 0 Å². The Morgan fingerprint density at radius 2 is 1.95 bits per heavy atom. The van der Waals surface area contributed by atoms with Crippen molar-refractivity contribution >= 4 is 11.9 Å². The van der Waals surface area contributed by atoms with Crippen LogP contribution >= 0.6 is 0 Å². The first-order chi connectivity index (χ1) is 9.29. The van der Waals surface area contributed by atoms with E-state index in [1.165, 1.54) is 6.33 Å². The lowest BCUT2D eigenvalue weighted by atomic mass is 10.0. The van der Waals surface area contributed by atoms with Crippen LogP contribution in [0.3, 0.4) is 0 Å². The van der Waals surface area contributed by atoms with Crippen LogP contribution in [-0.2, 0) is 16.0 Å². The average molecular weight is 286 g/mol. The Balaban J connectivity index is 0.000000370. The summed E-state index contributed by atoms with van der Waals surface area (Å²) < 4.78 is 0. The molecule has 0 amide bonds. The van der Waals surface area contributed by atoms with Gasteiger partial charge in [0, 0.05) is 18.3 Å². The molecular formula is C12H22N4O4. The molecule has 0 spiro atoms. The highest BCUT2D eigenvalue weighted by Gasteiger charge is 2.17. The number of aromatic amines is 1. The van der Waals surface area contributed by atoms with Crippen molar-refractivity contribution in [1.82, 2.24) is 9.97 Å². The first kappa shape index (κ1) is 18.1. The fourth-order valence-electron chi connectivity index (χ4n) is 1.22. The molecule has 8 nitrogen and oxygen atoms in total. The minimum Gasteiger partial charge on any atom is -0.480 e. The summed E-state index contributed by atoms with van der Waals surface area (Å²) in [4.78, 5) is 26.9. The Morgan fingerprint density at radius 3 is 2.25 bits per heavy atom. The SMILES string of the molecule is CCC(C)C(N)C(=O)O.NC(Cc1cnc[nH]1)C(=O)O. The number of carboxylic acids is 2. The van der Waals surface area contributed by atoms with Crippen LogP contribution in [0.25, 0.3) is 0 Å². The lowest BCUT2D eigenvalue weighted by Gasteiger charge is -2.11. The smallest absolute Gasteiger partial charge is 0.320 e. The van der Waals surface area contributed by atoms with Crippen molar-refractivity contribution in [2.75, 3.05) is 0 Å². The molecule has 7 N–H and O–H groups in total. The fraction of sp³-hybridized carbons (Fsp3) is 0.583. The third-order valence-corrected chi connectivity index (χ3v) is 2.85. The van der Waals surface area contributed by atoms with Crippen molar-refractivity contribution in [2.45, 2.75) is 38.8 Å². The minimum atomic E-state index is -1.00. The quantitative estimate of drug-likeness (QED) is 0.485. The molecule has 0 saturated carbocycles. The zero-order valence-electron chi connectivity index (χ0n) is 11.6. The third kappa shape index (κ3) is 6.86. The van der Waals surface area contributed by atoms with Crippen molar-refractivity contribution in [3.05, 3.63) is 18.2 Å². The van der Waals surface area contributed by atoms with E-state index in [0.717, 1.165) is 12.1 Å². The molecule has 20 heavy (non-hydrogen) atoms. The first-order valence-corrected chi connectivity index (χ1v) is 6.23. The van der Waals surface area contributed by atoms with Gasteiger partial charge in [-0.05, 0) is 5.92 Å². The molecule has 8 heteroatoms. The maximum absolute atomic E-state index is 10.3. The van der Waals surface area contributed by atoms with Gasteiger partial charge in [0.1, 0.15) is 12.1 Å². The third-order valence-electron chi connectivity index (χ3n) is 2.85. The first-order valence-electron chi connectivity index (χ1n) is 6.23. The van der Waals surface area contributed by atoms with Gasteiger partial charge in [-0.25, -0.2) is 4.98 Å². The van der Waals surface area contributed by atoms with Crippen LogP contribution in [0.4, 0.5) is 0 Å². The van der Waals surface area contributed by atoms with Crippen LogP contribution in [0.1, 0.15) is 26.0 Å². The Morgan fingerprint density at radius 1 is 1.35 bits per heavy atom. The van der Waals surface area contributed by atoms with E-state index in [4.69, 9.17) is 21.7 Å². The van der Waals surface area contributed by atoms with E-state index in [2.05, 4.69) is 9.97 Å². The summed E-state index contributed by atoms with van der Waals surface area (Å²) in [5, 5.41) is 16.8. The van der Waals surface area contributed by atoms with Crippen LogP contribution in [0.15, 0.2) is 12.5 Å². The topological polar surface area (TPSA) is 155 Å². The van der Waals surface area contributed by atoms with Gasteiger partial charge in [0.25, 0.3) is 0 Å². The number of aromatic nitrogens is 2. The molecule has 0 saturated heterocycles. The second kappa shape index (κ2) is 9.05. The predicted octanol–water partition coefficient (Wildman–Crippen LogP) is -0.191. The van der Waals surface area contributed by atoms with Crippen molar-refractivity contribution in [3.63, 3.8) is 0 Å². The number of rotatable bonds is 6. The van der Waals surface area contributed by atoms with Gasteiger partial charge in [-0.15, -0.1) is 0 Å². The van der Waals surface area contributed by atoms with E-state index in [9.17, 15) is 9.59 Å². The van der Waals surface area contributed by atoms with Gasteiger partial charge in [0.05, 0.1) is 6.33 Å². The Kier molecular flexibility index (Phi) is 8.18. The highest BCUT2D eigenvalue weighted by Crippen LogP contribution is 2.04. The maximum atomic E-state index is 10.3. The highest BCUT2D eigenvalue weighted by molar-refractivity contribution is 5.73. The molecule has 3 atom stereocenters. The van der Waals surface area contributed by atoms with Crippen molar-refractivity contribution in [2.24, 2.45) is 17.4 Å². The van der Waals surface area contributed by atoms with E-state index in [1.54, 1.807) is 6.20 Å². The number of nitrogens with two attached hydrogens (primary N) is 2. The van der Waals surface area contributed by atoms with Gasteiger partial charge in [-0.2, -0.15) is 0 Å². The molecule has 0 aromatic carbocycles. The number of hydrogen-bond donors (Lipinski definition) is 5. The van der Waals surface area contributed by atoms with Gasteiger partial charge in [0.15, 0.2) is 0 Å². The standard InChI is InChI=1S/C6H9N3O2.C6H13NO2/c7-5(6(10)11)1-4-2-8-3-9-4;1-3-4(2)5(7)6(8)9/h2-3,5H,1,7H2,(H,8,9)(H,10,11);4-5H,3,7H2,1-2H3,(H,8,9). The summed E-state index contributed by atoms with van der Waals surface area (Å²) in [6.07, 6.45) is 4.15. The number of hydrogen-bond acceptors (Lipinski definition) is 5. The number of nitrogens with zero attached hydrogens (tertiary/aromatic N) is 1. The summed E-state index contributed by atoms with van der Waals surface area (Å²) in [5.41, 5.74) is 11.3. The van der Waals surface area contributed by atoms with Gasteiger partial charge in [-0.1, -0.05) is 20.3 Å². The Labute approximate surface area is 117 Å². The largest absolute Gasteiger partial charge is 0.480 e. The van der Waals surface area contributed by atoms with Crippen molar-refractivity contribution in [1.29, 1.82) is 0 Å². The molecular weight excluding hydrogens is 264 g/mol. The van der Waals surface area contributed by atoms with Gasteiger partial charge < -0.3 is 26.7 Å². The van der Waals surface area contributed by atoms with Gasteiger partial charge in [-0.3, -0.25) is 9.59 Å². The molecule has 1 rings (SSSR count). The molecule has 0 aliphatic rings. The van der Waals surface area contributed by atoms with E-state index in [0.29, 0.717) is 0 Å². The molecule has 0 aliphatic heterocycles. The molecule has 0 radical (unpaired) electrons. The van der Waals surface area contributed by atoms with Crippen LogP contribution in [0.5, 0.6) is 0 Å². The second-order valence-corrected chi connectivity index (χ2v) is 4.48. The zero-order valence-corrected chi connectivity index (χ0v) is 11.6. The summed E-state index contributed by atoms with van der Waals surface area (Å²) in [6.45, 7) is 3.76. The summed E-state index contributed by atoms with van der Waals surface area (Å²) >= 11 is 0. The molecule has 0 aliphatic carbocycles. The number of aliphatic carboxylic acids is 2. The number of nitrogens with one attached hydrogen (secondary N) is 1. The van der Waals surface area contributed by atoms with E-state index in [1.807, 2.05) is 13.8 Å². The molecule has 1 aromatic heterocycles. The Bertz CT molecular complexity index is 408. The monoisotopic (exact) mass is 286 g/mol. The maximum Gasteiger partial charge on any atom is 0.320 e. The molecule has 1 heterocycles. The molecule has 0 fully saturated rings. The number of H-pyrrole nitrogens is 1. The predicted molar refractivity (Wildman–Crippen MR) is 73.0 cm³/mol. The van der Waals surface area contributed by atoms with Crippen LogP contribution in [-0.4, -0.2) is 44.2 Å². The van der Waals surface area contributed by atoms with E-state index < -0.39 is 24.0 Å². The number of carboxylic acid groups (broad SMARTS) is 2. The summed E-state index contributed by atoms with van der Waals surface area (Å²) in [5.74, 6) is -1.84. The van der Waals surface area contributed by atoms with E-state index >= 15 is 0 Å². The average Bonchev–Trinajstić information content (AvgIpc) is 2.90. The molecule has 114 valence electrons. The number of imidazole rings is 1. The minimum absolute atomic E-state index is 0.0718. The van der Waals surface area contributed by atoms with Crippen molar-refractivity contribution in [3.8, 4) is 0 Å². The zero-order chi connectivity index (χ0) is 15.7. The summed E-state index contributed by atoms with van der Waals surface area (Å²) in [6, 6.07) is -1.55. The van der Waals surface area contributed by atoms with Crippen molar-refractivity contribution < 1.29 is 19.8 Å². The van der Waals surface area contributed by atoms with E-state index in [-0.39, 0.29) is 12.3 Å². The fourth-order valence-corrected chi connectivity index (χ4v) is 1.22. The Hall–Kier alpha value is -1.93. The molecule has 3 unspecified atom stereocenters. The van der Waals surface area contributed by atoms with Crippen LogP contribution < -0.4 is 11.5 Å². The normalized spacial score (nSPS) is 14.6. The molecule has 0 bridgehead atoms. The second-order valence-electron chi connectivity index (χ2n) is 4.48. The van der Waals surface area contributed by atoms with Gasteiger partial charge >= 0.3 is 11.9 Å². The number of carbonyl (C=O) groups is 2. The summed E-state index contributed by atoms with van der Waals surface area (Å²) in [7, 11) is 0. The molecule has 1 aromatic rings.